The van der Waals surface area contributed by atoms with Gasteiger partial charge in [0.2, 0.25) is 11.1 Å². The van der Waals surface area contributed by atoms with E-state index in [0.29, 0.717) is 41.4 Å². The number of allylic oxidation sites excluding steroid dienone is 1. The van der Waals surface area contributed by atoms with Crippen molar-refractivity contribution in [2.75, 3.05) is 23.0 Å². The van der Waals surface area contributed by atoms with E-state index in [9.17, 15) is 4.79 Å². The Morgan fingerprint density at radius 2 is 1.79 bits per heavy atom. The first-order chi connectivity index (χ1) is 20.8. The Balaban J connectivity index is 1.54. The van der Waals surface area contributed by atoms with E-state index in [2.05, 4.69) is 42.7 Å². The highest BCUT2D eigenvalue weighted by Gasteiger charge is 2.35. The first-order valence-electron chi connectivity index (χ1n) is 14.7. The molecule has 0 fully saturated rings. The standard InChI is InChI=1S/C34H39N5O3S/c1-7-17-43-34-37-33-35-24(6)30(32(40)36-27-15-13-21(3)18-23(27)5)31(39(33)38-34)25-14-16-28(29(19-25)41-8-2)42-20-26-12-10-9-11-22(26)4/h9-16,18-19,31H,7-8,17,20H2,1-6H3,(H,36,40)(H,35,37,38). The molecule has 9 heteroatoms. The Hall–Kier alpha value is -4.24. The number of carbonyl (C=O) groups is 1. The highest BCUT2D eigenvalue weighted by Crippen LogP contribution is 2.40. The second-order valence-corrected chi connectivity index (χ2v) is 11.8. The second-order valence-electron chi connectivity index (χ2n) is 10.7. The fourth-order valence-corrected chi connectivity index (χ4v) is 5.82. The zero-order valence-corrected chi connectivity index (χ0v) is 26.5. The number of hydrogen-bond donors (Lipinski definition) is 2. The molecule has 0 bridgehead atoms. The molecule has 0 spiro atoms. The minimum Gasteiger partial charge on any atom is -0.490 e. The van der Waals surface area contributed by atoms with Crippen molar-refractivity contribution in [2.24, 2.45) is 0 Å². The van der Waals surface area contributed by atoms with Crippen LogP contribution in [0.25, 0.3) is 0 Å². The van der Waals surface area contributed by atoms with Crippen molar-refractivity contribution in [1.29, 1.82) is 0 Å². The van der Waals surface area contributed by atoms with Gasteiger partial charge in [-0.1, -0.05) is 66.7 Å². The van der Waals surface area contributed by atoms with Crippen LogP contribution in [0.4, 0.5) is 11.6 Å². The largest absolute Gasteiger partial charge is 0.490 e. The van der Waals surface area contributed by atoms with Gasteiger partial charge in [0.15, 0.2) is 11.5 Å². The third-order valence-corrected chi connectivity index (χ3v) is 8.41. The highest BCUT2D eigenvalue weighted by atomic mass is 32.2. The Morgan fingerprint density at radius 3 is 2.53 bits per heavy atom. The molecule has 1 atom stereocenters. The molecule has 5 rings (SSSR count). The lowest BCUT2D eigenvalue weighted by molar-refractivity contribution is -0.113. The summed E-state index contributed by atoms with van der Waals surface area (Å²) in [6.45, 7) is 13.0. The lowest BCUT2D eigenvalue weighted by atomic mass is 9.94. The van der Waals surface area contributed by atoms with Gasteiger partial charge in [0.25, 0.3) is 5.91 Å². The minimum absolute atomic E-state index is 0.205. The molecular formula is C34H39N5O3S. The summed E-state index contributed by atoms with van der Waals surface area (Å²) < 4.78 is 14.1. The van der Waals surface area contributed by atoms with Crippen LogP contribution < -0.4 is 20.1 Å². The molecule has 1 aliphatic heterocycles. The van der Waals surface area contributed by atoms with Crippen LogP contribution in [0.5, 0.6) is 11.5 Å². The predicted octanol–water partition coefficient (Wildman–Crippen LogP) is 7.61. The molecule has 3 aromatic carbocycles. The molecule has 1 aliphatic rings. The van der Waals surface area contributed by atoms with E-state index in [1.807, 2.05) is 70.2 Å². The predicted molar refractivity (Wildman–Crippen MR) is 173 cm³/mol. The van der Waals surface area contributed by atoms with Gasteiger partial charge in [-0.05, 0) is 81.5 Å². The summed E-state index contributed by atoms with van der Waals surface area (Å²) >= 11 is 1.60. The molecule has 2 N–H and O–H groups in total. The number of thioether (sulfide) groups is 1. The summed E-state index contributed by atoms with van der Waals surface area (Å²) in [5.41, 5.74) is 7.31. The number of aromatic nitrogens is 3. The number of carbonyl (C=O) groups excluding carboxylic acids is 1. The van der Waals surface area contributed by atoms with Crippen LogP contribution in [-0.4, -0.2) is 33.0 Å². The monoisotopic (exact) mass is 597 g/mol. The average Bonchev–Trinajstić information content (AvgIpc) is 3.39. The van der Waals surface area contributed by atoms with Gasteiger partial charge in [-0.3, -0.25) is 4.79 Å². The van der Waals surface area contributed by atoms with Crippen molar-refractivity contribution in [3.8, 4) is 11.5 Å². The van der Waals surface area contributed by atoms with Crippen molar-refractivity contribution in [3.63, 3.8) is 0 Å². The van der Waals surface area contributed by atoms with Crippen molar-refractivity contribution < 1.29 is 14.3 Å². The molecule has 224 valence electrons. The number of nitrogens with zero attached hydrogens (tertiary/aromatic N) is 3. The number of anilines is 2. The fourth-order valence-electron chi connectivity index (χ4n) is 5.14. The molecule has 0 aliphatic carbocycles. The highest BCUT2D eigenvalue weighted by molar-refractivity contribution is 7.99. The quantitative estimate of drug-likeness (QED) is 0.172. The van der Waals surface area contributed by atoms with E-state index < -0.39 is 6.04 Å². The van der Waals surface area contributed by atoms with Crippen molar-refractivity contribution >= 4 is 29.3 Å². The number of ether oxygens (including phenoxy) is 2. The summed E-state index contributed by atoms with van der Waals surface area (Å²) in [4.78, 5) is 18.8. The number of aryl methyl sites for hydroxylation is 3. The number of benzene rings is 3. The Bertz CT molecular complexity index is 1660. The van der Waals surface area contributed by atoms with Crippen LogP contribution in [0.3, 0.4) is 0 Å². The maximum Gasteiger partial charge on any atom is 0.255 e. The van der Waals surface area contributed by atoms with E-state index in [1.54, 1.807) is 16.4 Å². The van der Waals surface area contributed by atoms with Crippen molar-refractivity contribution in [1.82, 2.24) is 14.8 Å². The second kappa shape index (κ2) is 13.4. The summed E-state index contributed by atoms with van der Waals surface area (Å²) in [6.07, 6.45) is 1.01. The summed E-state index contributed by atoms with van der Waals surface area (Å²) in [7, 11) is 0. The third kappa shape index (κ3) is 6.72. The number of hydrogen-bond acceptors (Lipinski definition) is 7. The maximum absolute atomic E-state index is 14.0. The van der Waals surface area contributed by atoms with Crippen LogP contribution in [-0.2, 0) is 11.4 Å². The SMILES string of the molecule is CCCSc1nc2n(n1)C(c1ccc(OCc3ccccc3C)c(OCC)c1)C(C(=O)Nc1ccc(C)cc1C)=C(C)N2. The van der Waals surface area contributed by atoms with Crippen molar-refractivity contribution in [2.45, 2.75) is 65.8 Å². The van der Waals surface area contributed by atoms with E-state index in [-0.39, 0.29) is 5.91 Å². The van der Waals surface area contributed by atoms with Crippen LogP contribution >= 0.6 is 11.8 Å². The van der Waals surface area contributed by atoms with Gasteiger partial charge >= 0.3 is 0 Å². The van der Waals surface area contributed by atoms with Gasteiger partial charge in [-0.2, -0.15) is 4.98 Å². The van der Waals surface area contributed by atoms with Crippen LogP contribution in [0, 0.1) is 20.8 Å². The summed E-state index contributed by atoms with van der Waals surface area (Å²) in [5, 5.41) is 12.0. The van der Waals surface area contributed by atoms with E-state index in [0.717, 1.165) is 45.8 Å². The normalized spacial score (nSPS) is 14.2. The maximum atomic E-state index is 14.0. The first-order valence-corrected chi connectivity index (χ1v) is 15.7. The summed E-state index contributed by atoms with van der Waals surface area (Å²) in [6, 6.07) is 19.5. The van der Waals surface area contributed by atoms with Crippen LogP contribution in [0.1, 0.15) is 61.1 Å². The Morgan fingerprint density at radius 1 is 0.977 bits per heavy atom. The van der Waals surface area contributed by atoms with Gasteiger partial charge < -0.3 is 20.1 Å². The molecule has 4 aromatic rings. The zero-order valence-electron chi connectivity index (χ0n) is 25.7. The lowest BCUT2D eigenvalue weighted by Crippen LogP contribution is -2.31. The van der Waals surface area contributed by atoms with E-state index in [4.69, 9.17) is 19.6 Å². The van der Waals surface area contributed by atoms with E-state index >= 15 is 0 Å². The third-order valence-electron chi connectivity index (χ3n) is 7.37. The first kappa shape index (κ1) is 30.2. The number of rotatable bonds is 11. The van der Waals surface area contributed by atoms with Crippen molar-refractivity contribution in [3.05, 3.63) is 99.8 Å². The van der Waals surface area contributed by atoms with Crippen LogP contribution in [0.15, 0.2) is 77.1 Å². The molecule has 1 unspecified atom stereocenters. The van der Waals surface area contributed by atoms with Gasteiger partial charge in [0.05, 0.1) is 12.2 Å². The summed E-state index contributed by atoms with van der Waals surface area (Å²) in [5.74, 6) is 2.55. The number of nitrogens with one attached hydrogen (secondary N) is 2. The molecule has 0 radical (unpaired) electrons. The molecule has 0 saturated heterocycles. The number of amides is 1. The molecule has 0 saturated carbocycles. The van der Waals surface area contributed by atoms with Gasteiger partial charge in [0, 0.05) is 17.1 Å². The van der Waals surface area contributed by atoms with Gasteiger partial charge in [-0.25, -0.2) is 4.68 Å². The zero-order chi connectivity index (χ0) is 30.5. The van der Waals surface area contributed by atoms with Gasteiger partial charge in [-0.15, -0.1) is 5.10 Å². The molecular weight excluding hydrogens is 558 g/mol. The Labute approximate surface area is 257 Å². The molecule has 43 heavy (non-hydrogen) atoms. The van der Waals surface area contributed by atoms with Gasteiger partial charge in [0.1, 0.15) is 12.6 Å². The lowest BCUT2D eigenvalue weighted by Gasteiger charge is -2.29. The van der Waals surface area contributed by atoms with E-state index in [1.165, 1.54) is 5.56 Å². The van der Waals surface area contributed by atoms with Crippen LogP contribution in [0.2, 0.25) is 0 Å². The topological polar surface area (TPSA) is 90.3 Å². The smallest absolute Gasteiger partial charge is 0.255 e. The average molecular weight is 598 g/mol. The fraction of sp³-hybridized carbons (Fsp3) is 0.324. The molecule has 2 heterocycles. The number of fused-ring (bicyclic) bond motifs is 1. The molecule has 8 nitrogen and oxygen atoms in total. The molecule has 1 amide bonds. The Kier molecular flexibility index (Phi) is 9.40. The minimum atomic E-state index is -0.532. The molecule has 1 aromatic heterocycles.